The number of pyridine rings is 1. The molecule has 1 saturated heterocycles. The number of nitrogens with zero attached hydrogens (tertiary/aromatic N) is 6. The second-order valence-electron chi connectivity index (χ2n) is 9.68. The summed E-state index contributed by atoms with van der Waals surface area (Å²) in [5.41, 5.74) is 4.85. The Bertz CT molecular complexity index is 1360. The molecule has 2 fully saturated rings. The Kier molecular flexibility index (Phi) is 6.06. The van der Waals surface area contributed by atoms with Crippen molar-refractivity contribution in [2.24, 2.45) is 5.92 Å². The summed E-state index contributed by atoms with van der Waals surface area (Å²) in [6.45, 7) is 5.63. The van der Waals surface area contributed by atoms with Crippen molar-refractivity contribution in [3.8, 4) is 11.3 Å². The topological polar surface area (TPSA) is 103 Å². The predicted molar refractivity (Wildman–Crippen MR) is 139 cm³/mol. The van der Waals surface area contributed by atoms with Crippen LogP contribution >= 0.6 is 0 Å². The Morgan fingerprint density at radius 1 is 1.06 bits per heavy atom. The van der Waals surface area contributed by atoms with E-state index in [0.29, 0.717) is 11.9 Å². The third-order valence-corrected chi connectivity index (χ3v) is 7.50. The van der Waals surface area contributed by atoms with E-state index in [9.17, 15) is 4.79 Å². The number of carbonyl (C=O) groups excluding carboxylic acids is 1. The van der Waals surface area contributed by atoms with Gasteiger partial charge >= 0.3 is 0 Å². The van der Waals surface area contributed by atoms with Gasteiger partial charge in [-0.25, -0.2) is 19.9 Å². The van der Waals surface area contributed by atoms with Crippen LogP contribution in [0.25, 0.3) is 22.3 Å². The SMILES string of the molecule is C[C@@H](c1ccnc(Nc2nc3ccc(-c4ccncn4)cc3[nH]2)c1)N1CCN(C(=O)C2CCC2)CC1. The van der Waals surface area contributed by atoms with Gasteiger partial charge in [0.25, 0.3) is 0 Å². The molecule has 3 aromatic heterocycles. The van der Waals surface area contributed by atoms with Gasteiger partial charge in [-0.1, -0.05) is 12.5 Å². The average molecular weight is 483 g/mol. The van der Waals surface area contributed by atoms with Crippen molar-refractivity contribution in [1.82, 2.24) is 34.7 Å². The maximum absolute atomic E-state index is 12.6. The highest BCUT2D eigenvalue weighted by Gasteiger charge is 2.32. The summed E-state index contributed by atoms with van der Waals surface area (Å²) in [4.78, 5) is 37.9. The highest BCUT2D eigenvalue weighted by Crippen LogP contribution is 2.30. The number of anilines is 2. The maximum atomic E-state index is 12.6. The van der Waals surface area contributed by atoms with Crippen molar-refractivity contribution in [2.45, 2.75) is 32.2 Å². The number of piperazine rings is 1. The fraction of sp³-hybridized carbons (Fsp3) is 0.370. The smallest absolute Gasteiger partial charge is 0.225 e. The molecule has 1 aliphatic heterocycles. The number of rotatable bonds is 6. The van der Waals surface area contributed by atoms with E-state index in [1.807, 2.05) is 30.5 Å². The predicted octanol–water partition coefficient (Wildman–Crippen LogP) is 4.16. The lowest BCUT2D eigenvalue weighted by Gasteiger charge is -2.40. The van der Waals surface area contributed by atoms with Crippen LogP contribution in [0.2, 0.25) is 0 Å². The fourth-order valence-electron chi connectivity index (χ4n) is 5.04. The van der Waals surface area contributed by atoms with Gasteiger partial charge in [0.2, 0.25) is 11.9 Å². The molecular weight excluding hydrogens is 452 g/mol. The number of aromatic amines is 1. The lowest BCUT2D eigenvalue weighted by atomic mass is 9.84. The molecule has 9 nitrogen and oxygen atoms in total. The number of hydrogen-bond acceptors (Lipinski definition) is 7. The molecular formula is C27H30N8O. The summed E-state index contributed by atoms with van der Waals surface area (Å²) in [6.07, 6.45) is 8.45. The summed E-state index contributed by atoms with van der Waals surface area (Å²) in [6, 6.07) is 12.3. The van der Waals surface area contributed by atoms with Gasteiger partial charge in [-0.05, 0) is 55.7 Å². The van der Waals surface area contributed by atoms with Gasteiger partial charge in [-0.15, -0.1) is 0 Å². The molecule has 4 aromatic rings. The largest absolute Gasteiger partial charge is 0.340 e. The lowest BCUT2D eigenvalue weighted by Crippen LogP contribution is -2.51. The van der Waals surface area contributed by atoms with Crippen LogP contribution in [-0.2, 0) is 4.79 Å². The summed E-state index contributed by atoms with van der Waals surface area (Å²) < 4.78 is 0. The fourth-order valence-corrected chi connectivity index (χ4v) is 5.04. The van der Waals surface area contributed by atoms with Crippen LogP contribution in [0.15, 0.2) is 55.1 Å². The number of imidazole rings is 1. The second kappa shape index (κ2) is 9.66. The zero-order chi connectivity index (χ0) is 24.5. The Balaban J connectivity index is 1.12. The van der Waals surface area contributed by atoms with Crippen molar-refractivity contribution in [3.63, 3.8) is 0 Å². The highest BCUT2D eigenvalue weighted by atomic mass is 16.2. The van der Waals surface area contributed by atoms with Crippen LogP contribution < -0.4 is 5.32 Å². The van der Waals surface area contributed by atoms with Crippen LogP contribution in [0.3, 0.4) is 0 Å². The summed E-state index contributed by atoms with van der Waals surface area (Å²) in [7, 11) is 0. The summed E-state index contributed by atoms with van der Waals surface area (Å²) in [5.74, 6) is 2.03. The van der Waals surface area contributed by atoms with Crippen LogP contribution in [0.1, 0.15) is 37.8 Å². The van der Waals surface area contributed by atoms with E-state index < -0.39 is 0 Å². The molecule has 6 rings (SSSR count). The first-order chi connectivity index (χ1) is 17.6. The van der Waals surface area contributed by atoms with E-state index in [1.54, 1.807) is 12.5 Å². The molecule has 0 unspecified atom stereocenters. The number of aromatic nitrogens is 5. The molecule has 1 aliphatic carbocycles. The molecule has 2 N–H and O–H groups in total. The van der Waals surface area contributed by atoms with Gasteiger partial charge in [-0.2, -0.15) is 0 Å². The molecule has 1 saturated carbocycles. The number of nitrogens with one attached hydrogen (secondary N) is 2. The van der Waals surface area contributed by atoms with Crippen molar-refractivity contribution in [2.75, 3.05) is 31.5 Å². The van der Waals surface area contributed by atoms with Crippen molar-refractivity contribution in [1.29, 1.82) is 0 Å². The van der Waals surface area contributed by atoms with Crippen LogP contribution in [0, 0.1) is 5.92 Å². The molecule has 1 atom stereocenters. The lowest BCUT2D eigenvalue weighted by molar-refractivity contribution is -0.140. The Morgan fingerprint density at radius 3 is 2.67 bits per heavy atom. The number of carbonyl (C=O) groups is 1. The first-order valence-corrected chi connectivity index (χ1v) is 12.7. The molecule has 4 heterocycles. The molecule has 0 spiro atoms. The zero-order valence-corrected chi connectivity index (χ0v) is 20.4. The van der Waals surface area contributed by atoms with Gasteiger partial charge in [0.15, 0.2) is 0 Å². The first-order valence-electron chi connectivity index (χ1n) is 12.7. The van der Waals surface area contributed by atoms with Crippen LogP contribution in [0.4, 0.5) is 11.8 Å². The number of benzene rings is 1. The third-order valence-electron chi connectivity index (χ3n) is 7.50. The molecule has 0 bridgehead atoms. The van der Waals surface area contributed by atoms with Gasteiger partial charge in [0, 0.05) is 56.1 Å². The van der Waals surface area contributed by atoms with E-state index in [-0.39, 0.29) is 12.0 Å². The maximum Gasteiger partial charge on any atom is 0.225 e. The Hall–Kier alpha value is -3.85. The van der Waals surface area contributed by atoms with Crippen LogP contribution in [0.5, 0.6) is 0 Å². The molecule has 2 aliphatic rings. The van der Waals surface area contributed by atoms with Crippen molar-refractivity contribution in [3.05, 3.63) is 60.7 Å². The standard InChI is InChI=1S/C27H30N8O/c1-18(34-11-13-35(14-12-34)26(36)19-3-2-4-19)20-7-10-29-25(16-20)33-27-31-23-6-5-21(15-24(23)32-27)22-8-9-28-17-30-22/h5-10,15-19H,2-4,11-14H2,1H3,(H2,29,31,32,33)/t18-/m0/s1. The zero-order valence-electron chi connectivity index (χ0n) is 20.4. The minimum absolute atomic E-state index is 0.237. The molecule has 1 amide bonds. The number of hydrogen-bond donors (Lipinski definition) is 2. The monoisotopic (exact) mass is 482 g/mol. The molecule has 9 heteroatoms. The van der Waals surface area contributed by atoms with Gasteiger partial charge in [0.1, 0.15) is 12.1 Å². The van der Waals surface area contributed by atoms with E-state index >= 15 is 0 Å². The van der Waals surface area contributed by atoms with E-state index in [0.717, 1.165) is 67.1 Å². The Morgan fingerprint density at radius 2 is 1.92 bits per heavy atom. The first kappa shape index (κ1) is 22.6. The van der Waals surface area contributed by atoms with E-state index in [2.05, 4.69) is 59.1 Å². The number of H-pyrrole nitrogens is 1. The van der Waals surface area contributed by atoms with E-state index in [1.165, 1.54) is 12.0 Å². The van der Waals surface area contributed by atoms with Gasteiger partial charge in [-0.3, -0.25) is 9.69 Å². The normalized spacial score (nSPS) is 17.6. The minimum atomic E-state index is 0.237. The minimum Gasteiger partial charge on any atom is -0.340 e. The summed E-state index contributed by atoms with van der Waals surface area (Å²) >= 11 is 0. The molecule has 184 valence electrons. The van der Waals surface area contributed by atoms with Crippen LogP contribution in [-0.4, -0.2) is 66.8 Å². The average Bonchev–Trinajstić information content (AvgIpc) is 3.29. The molecule has 0 radical (unpaired) electrons. The highest BCUT2D eigenvalue weighted by molar-refractivity contribution is 5.83. The quantitative estimate of drug-likeness (QED) is 0.425. The van der Waals surface area contributed by atoms with Crippen molar-refractivity contribution >= 4 is 28.7 Å². The number of amides is 1. The summed E-state index contributed by atoms with van der Waals surface area (Å²) in [5, 5.41) is 3.32. The molecule has 36 heavy (non-hydrogen) atoms. The van der Waals surface area contributed by atoms with Gasteiger partial charge < -0.3 is 15.2 Å². The van der Waals surface area contributed by atoms with Gasteiger partial charge in [0.05, 0.1) is 16.7 Å². The third kappa shape index (κ3) is 4.54. The van der Waals surface area contributed by atoms with E-state index in [4.69, 9.17) is 0 Å². The molecule has 1 aromatic carbocycles. The van der Waals surface area contributed by atoms with Crippen molar-refractivity contribution < 1.29 is 4.79 Å². The second-order valence-corrected chi connectivity index (χ2v) is 9.68. The Labute approximate surface area is 210 Å². The number of fused-ring (bicyclic) bond motifs is 1.